The van der Waals surface area contributed by atoms with E-state index in [9.17, 15) is 9.18 Å². The number of aromatic carboxylic acids is 1. The zero-order chi connectivity index (χ0) is 12.7. The number of carboxylic acid groups (broad SMARTS) is 1. The van der Waals surface area contributed by atoms with Crippen molar-refractivity contribution in [3.63, 3.8) is 0 Å². The van der Waals surface area contributed by atoms with Crippen molar-refractivity contribution in [3.05, 3.63) is 29.6 Å². The Morgan fingerprint density at radius 1 is 1.53 bits per heavy atom. The molecule has 1 aromatic carbocycles. The van der Waals surface area contributed by atoms with Crippen molar-refractivity contribution >= 4 is 24.1 Å². The third-order valence-corrected chi connectivity index (χ3v) is 1.72. The van der Waals surface area contributed by atoms with E-state index in [0.29, 0.717) is 0 Å². The maximum Gasteiger partial charge on any atom is 0.340 e. The van der Waals surface area contributed by atoms with Gasteiger partial charge < -0.3 is 9.94 Å². The minimum absolute atomic E-state index is 0.0552. The van der Waals surface area contributed by atoms with E-state index in [1.165, 1.54) is 31.7 Å². The highest BCUT2D eigenvalue weighted by molar-refractivity contribution is 6.16. The van der Waals surface area contributed by atoms with Crippen molar-refractivity contribution in [2.75, 3.05) is 12.5 Å². The fourth-order valence-electron chi connectivity index (χ4n) is 1.06. The normalized spacial score (nSPS) is 10.9. The molecule has 1 aromatic rings. The molecule has 0 saturated carbocycles. The minimum Gasteiger partial charge on any atom is -0.478 e. The van der Waals surface area contributed by atoms with Crippen LogP contribution < -0.4 is 5.43 Å². The van der Waals surface area contributed by atoms with Gasteiger partial charge in [0.25, 0.3) is 0 Å². The molecule has 0 unspecified atom stereocenters. The second-order valence-corrected chi connectivity index (χ2v) is 2.79. The molecule has 0 atom stereocenters. The van der Waals surface area contributed by atoms with Gasteiger partial charge in [-0.3, -0.25) is 5.43 Å². The standard InChI is InChI=1S/C10H10FN3O3/c1-17-13-6-5-12-14-8-4-2-3-7(11)9(8)10(15)16/h2-6,14H,1H3,(H,15,16)/b12-5?,13-6+. The van der Waals surface area contributed by atoms with Crippen LogP contribution in [-0.4, -0.2) is 30.6 Å². The molecule has 0 spiro atoms. The average Bonchev–Trinajstić information content (AvgIpc) is 2.28. The molecule has 0 aromatic heterocycles. The number of rotatable bonds is 5. The van der Waals surface area contributed by atoms with Crippen molar-refractivity contribution in [3.8, 4) is 0 Å². The SMILES string of the molecule is CO/N=C/C=NNc1cccc(F)c1C(=O)O. The van der Waals surface area contributed by atoms with Crippen LogP contribution in [0.25, 0.3) is 0 Å². The summed E-state index contributed by atoms with van der Waals surface area (Å²) in [7, 11) is 1.37. The Morgan fingerprint density at radius 3 is 2.94 bits per heavy atom. The Labute approximate surface area is 96.4 Å². The Bertz CT molecular complexity index is 460. The molecule has 0 heterocycles. The van der Waals surface area contributed by atoms with Gasteiger partial charge in [0.2, 0.25) is 0 Å². The summed E-state index contributed by atoms with van der Waals surface area (Å²) in [5, 5.41) is 15.8. The van der Waals surface area contributed by atoms with Gasteiger partial charge in [-0.2, -0.15) is 5.10 Å². The van der Waals surface area contributed by atoms with Gasteiger partial charge in [0, 0.05) is 0 Å². The minimum atomic E-state index is -1.37. The smallest absolute Gasteiger partial charge is 0.340 e. The van der Waals surface area contributed by atoms with Crippen molar-refractivity contribution in [1.82, 2.24) is 0 Å². The summed E-state index contributed by atoms with van der Waals surface area (Å²) in [4.78, 5) is 15.2. The van der Waals surface area contributed by atoms with Crippen LogP contribution in [0, 0.1) is 5.82 Å². The zero-order valence-electron chi connectivity index (χ0n) is 8.92. The molecular formula is C10H10FN3O3. The third kappa shape index (κ3) is 3.56. The number of oxime groups is 1. The van der Waals surface area contributed by atoms with Crippen molar-refractivity contribution in [1.29, 1.82) is 0 Å². The number of hydrazone groups is 1. The average molecular weight is 239 g/mol. The summed E-state index contributed by atoms with van der Waals surface area (Å²) >= 11 is 0. The molecule has 0 bridgehead atoms. The van der Waals surface area contributed by atoms with E-state index in [-0.39, 0.29) is 5.69 Å². The van der Waals surface area contributed by atoms with Gasteiger partial charge in [-0.1, -0.05) is 11.2 Å². The van der Waals surface area contributed by atoms with Crippen molar-refractivity contribution in [2.24, 2.45) is 10.3 Å². The molecule has 0 aliphatic carbocycles. The van der Waals surface area contributed by atoms with E-state index < -0.39 is 17.3 Å². The highest BCUT2D eigenvalue weighted by atomic mass is 19.1. The molecule has 0 aliphatic rings. The number of anilines is 1. The molecule has 0 saturated heterocycles. The van der Waals surface area contributed by atoms with Gasteiger partial charge in [-0.15, -0.1) is 0 Å². The molecule has 0 radical (unpaired) electrons. The predicted octanol–water partition coefficient (Wildman–Crippen LogP) is 1.55. The van der Waals surface area contributed by atoms with E-state index in [1.54, 1.807) is 0 Å². The number of nitrogens with one attached hydrogen (secondary N) is 1. The fraction of sp³-hybridized carbons (Fsp3) is 0.100. The second kappa shape index (κ2) is 6.21. The first-order valence-electron chi connectivity index (χ1n) is 4.52. The number of halogens is 1. The van der Waals surface area contributed by atoms with Crippen LogP contribution >= 0.6 is 0 Å². The van der Waals surface area contributed by atoms with E-state index in [4.69, 9.17) is 5.11 Å². The van der Waals surface area contributed by atoms with Gasteiger partial charge >= 0.3 is 5.97 Å². The molecular weight excluding hydrogens is 229 g/mol. The summed E-state index contributed by atoms with van der Waals surface area (Å²) in [6.07, 6.45) is 2.48. The monoisotopic (exact) mass is 239 g/mol. The van der Waals surface area contributed by atoms with Crippen LogP contribution in [0.15, 0.2) is 28.5 Å². The summed E-state index contributed by atoms with van der Waals surface area (Å²) in [5.41, 5.74) is 1.99. The predicted molar refractivity (Wildman–Crippen MR) is 61.0 cm³/mol. The number of carbonyl (C=O) groups is 1. The maximum absolute atomic E-state index is 13.2. The molecule has 2 N–H and O–H groups in total. The fourth-order valence-corrected chi connectivity index (χ4v) is 1.06. The van der Waals surface area contributed by atoms with E-state index in [1.807, 2.05) is 0 Å². The third-order valence-electron chi connectivity index (χ3n) is 1.72. The summed E-state index contributed by atoms with van der Waals surface area (Å²) in [5.74, 6) is -2.20. The summed E-state index contributed by atoms with van der Waals surface area (Å²) in [6.45, 7) is 0. The van der Waals surface area contributed by atoms with Crippen molar-refractivity contribution < 1.29 is 19.1 Å². The van der Waals surface area contributed by atoms with Gasteiger partial charge in [0.15, 0.2) is 0 Å². The molecule has 7 heteroatoms. The zero-order valence-corrected chi connectivity index (χ0v) is 8.92. The molecule has 0 amide bonds. The second-order valence-electron chi connectivity index (χ2n) is 2.79. The lowest BCUT2D eigenvalue weighted by molar-refractivity contribution is 0.0693. The lowest BCUT2D eigenvalue weighted by Crippen LogP contribution is -2.05. The molecule has 0 aliphatic heterocycles. The number of carboxylic acids is 1. The van der Waals surface area contributed by atoms with E-state index in [0.717, 1.165) is 6.07 Å². The van der Waals surface area contributed by atoms with Crippen LogP contribution in [-0.2, 0) is 4.84 Å². The van der Waals surface area contributed by atoms with Crippen LogP contribution in [0.1, 0.15) is 10.4 Å². The first-order chi connectivity index (χ1) is 8.16. The number of benzene rings is 1. The van der Waals surface area contributed by atoms with E-state index in [2.05, 4.69) is 20.5 Å². The van der Waals surface area contributed by atoms with Crippen LogP contribution in [0.2, 0.25) is 0 Å². The highest BCUT2D eigenvalue weighted by Gasteiger charge is 2.14. The Morgan fingerprint density at radius 2 is 2.29 bits per heavy atom. The lowest BCUT2D eigenvalue weighted by Gasteiger charge is -2.04. The summed E-state index contributed by atoms with van der Waals surface area (Å²) in [6, 6.07) is 3.84. The van der Waals surface area contributed by atoms with Gasteiger partial charge in [0.05, 0.1) is 18.1 Å². The van der Waals surface area contributed by atoms with Crippen molar-refractivity contribution in [2.45, 2.75) is 0 Å². The van der Waals surface area contributed by atoms with Crippen LogP contribution in [0.5, 0.6) is 0 Å². The maximum atomic E-state index is 13.2. The molecule has 0 fully saturated rings. The molecule has 6 nitrogen and oxygen atoms in total. The lowest BCUT2D eigenvalue weighted by atomic mass is 10.2. The Hall–Kier alpha value is -2.44. The largest absolute Gasteiger partial charge is 0.478 e. The Balaban J connectivity index is 2.84. The highest BCUT2D eigenvalue weighted by Crippen LogP contribution is 2.18. The number of hydrogen-bond acceptors (Lipinski definition) is 5. The molecule has 1 rings (SSSR count). The number of hydrogen-bond donors (Lipinski definition) is 2. The van der Waals surface area contributed by atoms with Gasteiger partial charge in [0.1, 0.15) is 18.5 Å². The van der Waals surface area contributed by atoms with E-state index >= 15 is 0 Å². The van der Waals surface area contributed by atoms with Gasteiger partial charge in [-0.05, 0) is 12.1 Å². The summed E-state index contributed by atoms with van der Waals surface area (Å²) < 4.78 is 13.2. The molecule has 90 valence electrons. The Kier molecular flexibility index (Phi) is 4.61. The van der Waals surface area contributed by atoms with Gasteiger partial charge in [-0.25, -0.2) is 9.18 Å². The topological polar surface area (TPSA) is 83.3 Å². The van der Waals surface area contributed by atoms with Crippen LogP contribution in [0.3, 0.4) is 0 Å². The first kappa shape index (κ1) is 12.6. The molecule has 17 heavy (non-hydrogen) atoms. The number of nitrogens with zero attached hydrogens (tertiary/aromatic N) is 2. The van der Waals surface area contributed by atoms with Crippen LogP contribution in [0.4, 0.5) is 10.1 Å². The quantitative estimate of drug-likeness (QED) is 0.603. The first-order valence-corrected chi connectivity index (χ1v) is 4.52.